The van der Waals surface area contributed by atoms with Gasteiger partial charge in [-0.05, 0) is 48.4 Å². The summed E-state index contributed by atoms with van der Waals surface area (Å²) >= 11 is 0. The average molecular weight is 406 g/mol. The molecule has 0 unspecified atom stereocenters. The SMILES string of the molecule is COc1ccc(OC)c(CCN2C(=O)c3cccc4c([N+](=O)[O-])ccc(c34)C2=O)c1. The van der Waals surface area contributed by atoms with Gasteiger partial charge in [-0.2, -0.15) is 0 Å². The molecule has 0 saturated carbocycles. The number of nitro benzene ring substituents is 1. The molecule has 1 aliphatic rings. The van der Waals surface area contributed by atoms with Gasteiger partial charge < -0.3 is 9.47 Å². The Bertz CT molecular complexity index is 1180. The maximum Gasteiger partial charge on any atom is 0.277 e. The summed E-state index contributed by atoms with van der Waals surface area (Å²) in [5.41, 5.74) is 1.22. The largest absolute Gasteiger partial charge is 0.497 e. The Hall–Kier alpha value is -3.94. The zero-order valence-electron chi connectivity index (χ0n) is 16.4. The number of ether oxygens (including phenoxy) is 2. The van der Waals surface area contributed by atoms with Crippen LogP contribution in [0.5, 0.6) is 11.5 Å². The lowest BCUT2D eigenvalue weighted by molar-refractivity contribution is -0.383. The van der Waals surface area contributed by atoms with Crippen LogP contribution < -0.4 is 9.47 Å². The molecule has 0 aromatic heterocycles. The number of hydrogen-bond acceptors (Lipinski definition) is 6. The predicted octanol–water partition coefficient (Wildman–Crippen LogP) is 3.60. The third-order valence-electron chi connectivity index (χ3n) is 5.26. The Morgan fingerprint density at radius 3 is 2.37 bits per heavy atom. The van der Waals surface area contributed by atoms with Crippen LogP contribution in [0.2, 0.25) is 0 Å². The first-order chi connectivity index (χ1) is 14.5. The number of benzene rings is 3. The second-order valence-electron chi connectivity index (χ2n) is 6.81. The first-order valence-corrected chi connectivity index (χ1v) is 9.23. The van der Waals surface area contributed by atoms with E-state index in [2.05, 4.69) is 0 Å². The van der Waals surface area contributed by atoms with Gasteiger partial charge in [-0.1, -0.05) is 6.07 Å². The summed E-state index contributed by atoms with van der Waals surface area (Å²) in [6.45, 7) is 0.133. The molecule has 2 amide bonds. The van der Waals surface area contributed by atoms with Crippen LogP contribution in [0.1, 0.15) is 26.3 Å². The number of amides is 2. The fraction of sp³-hybridized carbons (Fsp3) is 0.182. The molecular formula is C22H18N2O6. The fourth-order valence-corrected chi connectivity index (χ4v) is 3.80. The van der Waals surface area contributed by atoms with Crippen LogP contribution in [0.4, 0.5) is 5.69 Å². The van der Waals surface area contributed by atoms with Crippen molar-refractivity contribution in [2.45, 2.75) is 6.42 Å². The molecule has 1 heterocycles. The molecule has 8 heteroatoms. The summed E-state index contributed by atoms with van der Waals surface area (Å²) in [6, 6.07) is 12.8. The van der Waals surface area contributed by atoms with Crippen LogP contribution in [0.15, 0.2) is 48.5 Å². The maximum absolute atomic E-state index is 13.1. The van der Waals surface area contributed by atoms with Crippen LogP contribution >= 0.6 is 0 Å². The molecule has 3 aromatic rings. The van der Waals surface area contributed by atoms with Gasteiger partial charge in [0.2, 0.25) is 0 Å². The van der Waals surface area contributed by atoms with Crippen LogP contribution in [0, 0.1) is 10.1 Å². The Kier molecular flexibility index (Phi) is 4.83. The van der Waals surface area contributed by atoms with Crippen molar-refractivity contribution in [1.29, 1.82) is 0 Å². The van der Waals surface area contributed by atoms with Gasteiger partial charge in [0.1, 0.15) is 11.5 Å². The van der Waals surface area contributed by atoms with Crippen LogP contribution in [-0.4, -0.2) is 42.4 Å². The van der Waals surface area contributed by atoms with Gasteiger partial charge >= 0.3 is 0 Å². The van der Waals surface area contributed by atoms with Crippen molar-refractivity contribution < 1.29 is 24.0 Å². The van der Waals surface area contributed by atoms with Crippen LogP contribution in [0.25, 0.3) is 10.8 Å². The Labute approximate surface area is 171 Å². The maximum atomic E-state index is 13.1. The lowest BCUT2D eigenvalue weighted by atomic mass is 9.93. The minimum absolute atomic E-state index is 0.133. The molecule has 0 N–H and O–H groups in total. The molecular weight excluding hydrogens is 388 g/mol. The van der Waals surface area contributed by atoms with E-state index in [0.717, 1.165) is 5.56 Å². The van der Waals surface area contributed by atoms with Gasteiger partial charge in [-0.3, -0.25) is 24.6 Å². The zero-order chi connectivity index (χ0) is 21.4. The lowest BCUT2D eigenvalue weighted by Crippen LogP contribution is -2.41. The van der Waals surface area contributed by atoms with E-state index < -0.39 is 16.7 Å². The molecule has 3 aromatic carbocycles. The summed E-state index contributed by atoms with van der Waals surface area (Å²) in [7, 11) is 3.10. The van der Waals surface area contributed by atoms with E-state index in [9.17, 15) is 19.7 Å². The molecule has 0 aliphatic carbocycles. The van der Waals surface area contributed by atoms with E-state index in [4.69, 9.17) is 9.47 Å². The van der Waals surface area contributed by atoms with E-state index in [0.29, 0.717) is 23.3 Å². The summed E-state index contributed by atoms with van der Waals surface area (Å²) in [4.78, 5) is 38.1. The predicted molar refractivity (Wildman–Crippen MR) is 109 cm³/mol. The molecule has 8 nitrogen and oxygen atoms in total. The Morgan fingerprint density at radius 1 is 0.967 bits per heavy atom. The number of carbonyl (C=O) groups excluding carboxylic acids is 2. The number of imide groups is 1. The Morgan fingerprint density at radius 2 is 1.70 bits per heavy atom. The molecule has 0 fully saturated rings. The highest BCUT2D eigenvalue weighted by Gasteiger charge is 2.34. The smallest absolute Gasteiger partial charge is 0.277 e. The molecule has 0 radical (unpaired) electrons. The van der Waals surface area contributed by atoms with E-state index in [1.54, 1.807) is 50.6 Å². The van der Waals surface area contributed by atoms with Gasteiger partial charge in [-0.25, -0.2) is 0 Å². The van der Waals surface area contributed by atoms with Crippen molar-refractivity contribution in [2.24, 2.45) is 0 Å². The second-order valence-corrected chi connectivity index (χ2v) is 6.81. The third kappa shape index (κ3) is 3.02. The third-order valence-corrected chi connectivity index (χ3v) is 5.26. The zero-order valence-corrected chi connectivity index (χ0v) is 16.4. The van der Waals surface area contributed by atoms with Gasteiger partial charge in [0, 0.05) is 29.1 Å². The minimum atomic E-state index is -0.515. The van der Waals surface area contributed by atoms with Crippen LogP contribution in [-0.2, 0) is 6.42 Å². The number of methoxy groups -OCH3 is 2. The minimum Gasteiger partial charge on any atom is -0.497 e. The van der Waals surface area contributed by atoms with Gasteiger partial charge in [0.05, 0.1) is 24.5 Å². The quantitative estimate of drug-likeness (QED) is 0.352. The number of nitrogens with zero attached hydrogens (tertiary/aromatic N) is 2. The average Bonchev–Trinajstić information content (AvgIpc) is 2.76. The van der Waals surface area contributed by atoms with Crippen molar-refractivity contribution in [2.75, 3.05) is 20.8 Å². The molecule has 0 atom stereocenters. The number of nitro groups is 1. The summed E-state index contributed by atoms with van der Waals surface area (Å²) in [5, 5.41) is 12.0. The second kappa shape index (κ2) is 7.47. The van der Waals surface area contributed by atoms with E-state index in [1.165, 1.54) is 17.0 Å². The van der Waals surface area contributed by atoms with E-state index in [-0.39, 0.29) is 28.7 Å². The molecule has 0 spiro atoms. The fourth-order valence-electron chi connectivity index (χ4n) is 3.80. The van der Waals surface area contributed by atoms with Crippen molar-refractivity contribution >= 4 is 28.3 Å². The van der Waals surface area contributed by atoms with Gasteiger partial charge in [-0.15, -0.1) is 0 Å². The molecule has 0 bridgehead atoms. The van der Waals surface area contributed by atoms with Gasteiger partial charge in [0.15, 0.2) is 0 Å². The number of hydrogen-bond donors (Lipinski definition) is 0. The summed E-state index contributed by atoms with van der Waals surface area (Å²) in [6.07, 6.45) is 0.371. The normalized spacial score (nSPS) is 12.9. The molecule has 30 heavy (non-hydrogen) atoms. The molecule has 152 valence electrons. The molecule has 4 rings (SSSR count). The lowest BCUT2D eigenvalue weighted by Gasteiger charge is -2.27. The highest BCUT2D eigenvalue weighted by atomic mass is 16.6. The molecule has 1 aliphatic heterocycles. The Balaban J connectivity index is 1.71. The highest BCUT2D eigenvalue weighted by Crippen LogP contribution is 2.35. The van der Waals surface area contributed by atoms with Crippen molar-refractivity contribution in [3.05, 3.63) is 75.3 Å². The van der Waals surface area contributed by atoms with E-state index in [1.807, 2.05) is 0 Å². The van der Waals surface area contributed by atoms with Crippen molar-refractivity contribution in [3.8, 4) is 11.5 Å². The van der Waals surface area contributed by atoms with Crippen molar-refractivity contribution in [3.63, 3.8) is 0 Å². The summed E-state index contributed by atoms with van der Waals surface area (Å²) < 4.78 is 10.6. The number of rotatable bonds is 6. The van der Waals surface area contributed by atoms with Gasteiger partial charge in [0.25, 0.3) is 17.5 Å². The first kappa shape index (κ1) is 19.4. The van der Waals surface area contributed by atoms with Crippen molar-refractivity contribution in [1.82, 2.24) is 4.90 Å². The van der Waals surface area contributed by atoms with Crippen LogP contribution in [0.3, 0.4) is 0 Å². The molecule has 0 saturated heterocycles. The highest BCUT2D eigenvalue weighted by molar-refractivity contribution is 6.26. The topological polar surface area (TPSA) is 99.0 Å². The number of carbonyl (C=O) groups is 2. The monoisotopic (exact) mass is 406 g/mol. The van der Waals surface area contributed by atoms with E-state index >= 15 is 0 Å². The summed E-state index contributed by atoms with van der Waals surface area (Å²) in [5.74, 6) is 0.330. The number of non-ortho nitro benzene ring substituents is 1. The standard InChI is InChI=1S/C22H18N2O6/c1-29-14-6-9-19(30-2)13(12-14)10-11-23-21(25)16-5-3-4-15-18(24(27)28)8-7-17(20(15)16)22(23)26/h3-9,12H,10-11H2,1-2H3. The first-order valence-electron chi connectivity index (χ1n) is 9.23.